The maximum atomic E-state index is 13.1. The molecule has 0 spiro atoms. The molecule has 5 heteroatoms. The maximum absolute atomic E-state index is 13.1. The van der Waals surface area contributed by atoms with Gasteiger partial charge >= 0.3 is 0 Å². The Morgan fingerprint density at radius 2 is 1.77 bits per heavy atom. The molecule has 0 saturated carbocycles. The Kier molecular flexibility index (Phi) is 7.13. The summed E-state index contributed by atoms with van der Waals surface area (Å²) >= 11 is 0. The molecule has 2 atom stereocenters. The molecule has 2 aromatic carbocycles. The first-order valence-electron chi connectivity index (χ1n) is 11.4. The highest BCUT2D eigenvalue weighted by molar-refractivity contribution is 5.79. The number of amides is 1. The van der Waals surface area contributed by atoms with Crippen molar-refractivity contribution in [1.82, 2.24) is 9.80 Å². The molecular formula is C26H34N2O3. The fourth-order valence-electron chi connectivity index (χ4n) is 5.11. The number of hydrogen-bond donors (Lipinski definition) is 0. The number of benzene rings is 2. The second-order valence-corrected chi connectivity index (χ2v) is 8.76. The van der Waals surface area contributed by atoms with Crippen LogP contribution in [0.1, 0.15) is 30.4 Å². The van der Waals surface area contributed by atoms with Gasteiger partial charge in [-0.1, -0.05) is 42.8 Å². The molecule has 4 rings (SSSR count). The fourth-order valence-corrected chi connectivity index (χ4v) is 5.11. The molecular weight excluding hydrogens is 388 g/mol. The summed E-state index contributed by atoms with van der Waals surface area (Å²) in [5.74, 6) is 2.17. The summed E-state index contributed by atoms with van der Waals surface area (Å²) in [5, 5.41) is 0. The van der Waals surface area contributed by atoms with Crippen molar-refractivity contribution >= 4 is 5.91 Å². The van der Waals surface area contributed by atoms with E-state index in [1.807, 2.05) is 18.2 Å². The topological polar surface area (TPSA) is 42.0 Å². The van der Waals surface area contributed by atoms with Crippen molar-refractivity contribution in [2.24, 2.45) is 5.92 Å². The summed E-state index contributed by atoms with van der Waals surface area (Å²) in [6.07, 6.45) is 5.24. The zero-order valence-corrected chi connectivity index (χ0v) is 18.8. The molecule has 0 unspecified atom stereocenters. The Morgan fingerprint density at radius 3 is 2.55 bits per heavy atom. The second-order valence-electron chi connectivity index (χ2n) is 8.76. The summed E-state index contributed by atoms with van der Waals surface area (Å²) in [6, 6.07) is 17.0. The molecule has 0 radical (unpaired) electrons. The number of hydrogen-bond acceptors (Lipinski definition) is 4. The van der Waals surface area contributed by atoms with E-state index in [0.717, 1.165) is 38.2 Å². The zero-order chi connectivity index (χ0) is 21.6. The fraction of sp³-hybridized carbons (Fsp3) is 0.500. The van der Waals surface area contributed by atoms with Crippen molar-refractivity contribution in [3.05, 3.63) is 59.7 Å². The highest BCUT2D eigenvalue weighted by atomic mass is 16.5. The monoisotopic (exact) mass is 422 g/mol. The lowest BCUT2D eigenvalue weighted by molar-refractivity contribution is -0.129. The lowest BCUT2D eigenvalue weighted by Crippen LogP contribution is -2.42. The predicted octanol–water partition coefficient (Wildman–Crippen LogP) is 3.80. The molecule has 2 fully saturated rings. The zero-order valence-electron chi connectivity index (χ0n) is 18.8. The van der Waals surface area contributed by atoms with Gasteiger partial charge in [0.1, 0.15) is 0 Å². The van der Waals surface area contributed by atoms with E-state index in [-0.39, 0.29) is 5.91 Å². The van der Waals surface area contributed by atoms with Crippen LogP contribution in [-0.4, -0.2) is 62.1 Å². The molecule has 5 nitrogen and oxygen atoms in total. The highest BCUT2D eigenvalue weighted by Gasteiger charge is 2.39. The average molecular weight is 423 g/mol. The Labute approximate surface area is 185 Å². The first kappa shape index (κ1) is 21.7. The third-order valence-corrected chi connectivity index (χ3v) is 6.83. The minimum absolute atomic E-state index is 0.211. The number of likely N-dealkylation sites (tertiary alicyclic amines) is 2. The first-order chi connectivity index (χ1) is 15.2. The quantitative estimate of drug-likeness (QED) is 0.681. The molecule has 0 N–H and O–H groups in total. The van der Waals surface area contributed by atoms with E-state index in [4.69, 9.17) is 9.47 Å². The Balaban J connectivity index is 1.39. The van der Waals surface area contributed by atoms with Crippen molar-refractivity contribution < 1.29 is 14.3 Å². The molecule has 1 amide bonds. The van der Waals surface area contributed by atoms with Crippen molar-refractivity contribution in [1.29, 1.82) is 0 Å². The molecule has 166 valence electrons. The van der Waals surface area contributed by atoms with Crippen LogP contribution in [0.4, 0.5) is 0 Å². The number of methoxy groups -OCH3 is 2. The number of carbonyl (C=O) groups excluding carboxylic acids is 1. The molecule has 2 heterocycles. The predicted molar refractivity (Wildman–Crippen MR) is 123 cm³/mol. The summed E-state index contributed by atoms with van der Waals surface area (Å²) in [7, 11) is 3.25. The number of carbonyl (C=O) groups is 1. The van der Waals surface area contributed by atoms with Gasteiger partial charge in [-0.25, -0.2) is 0 Å². The van der Waals surface area contributed by atoms with E-state index in [1.54, 1.807) is 14.2 Å². The van der Waals surface area contributed by atoms with Crippen LogP contribution >= 0.6 is 0 Å². The number of rotatable bonds is 7. The summed E-state index contributed by atoms with van der Waals surface area (Å²) in [5.41, 5.74) is 2.36. The van der Waals surface area contributed by atoms with Gasteiger partial charge in [0.2, 0.25) is 5.91 Å². The molecule has 2 saturated heterocycles. The van der Waals surface area contributed by atoms with E-state index in [1.165, 1.54) is 24.8 Å². The normalized spacial score (nSPS) is 21.4. The minimum atomic E-state index is 0.211. The van der Waals surface area contributed by atoms with Crippen LogP contribution in [0.2, 0.25) is 0 Å². The van der Waals surface area contributed by atoms with E-state index >= 15 is 0 Å². The average Bonchev–Trinajstić information content (AvgIpc) is 3.14. The van der Waals surface area contributed by atoms with Gasteiger partial charge in [-0.05, 0) is 55.0 Å². The minimum Gasteiger partial charge on any atom is -0.493 e. The summed E-state index contributed by atoms with van der Waals surface area (Å²) < 4.78 is 10.7. The highest BCUT2D eigenvalue weighted by Crippen LogP contribution is 2.31. The van der Waals surface area contributed by atoms with Crippen LogP contribution in [0, 0.1) is 5.92 Å². The van der Waals surface area contributed by atoms with E-state index in [2.05, 4.69) is 40.1 Å². The molecule has 2 aliphatic heterocycles. The standard InChI is InChI=1S/C26H34N2O3/c1-30-24-12-11-21(16-25(24)31-2)17-26(29)28-18-22-10-6-7-14-27(23(22)19-28)15-13-20-8-4-3-5-9-20/h3-5,8-9,11-12,16,22-23H,6-7,10,13-15,17-19H2,1-2H3/t22-,23+/m0/s1. The Bertz CT molecular complexity index is 870. The van der Waals surface area contributed by atoms with E-state index in [0.29, 0.717) is 29.9 Å². The Hall–Kier alpha value is -2.53. The van der Waals surface area contributed by atoms with E-state index in [9.17, 15) is 4.79 Å². The van der Waals surface area contributed by atoms with Crippen LogP contribution in [0.15, 0.2) is 48.5 Å². The van der Waals surface area contributed by atoms with Gasteiger partial charge in [-0.2, -0.15) is 0 Å². The summed E-state index contributed by atoms with van der Waals surface area (Å²) in [6.45, 7) is 3.96. The van der Waals surface area contributed by atoms with Gasteiger partial charge in [0.25, 0.3) is 0 Å². The van der Waals surface area contributed by atoms with Gasteiger partial charge in [-0.15, -0.1) is 0 Å². The van der Waals surface area contributed by atoms with Gasteiger partial charge in [0.15, 0.2) is 11.5 Å². The molecule has 2 aromatic rings. The smallest absolute Gasteiger partial charge is 0.227 e. The molecule has 0 bridgehead atoms. The van der Waals surface area contributed by atoms with Crippen molar-refractivity contribution in [3.63, 3.8) is 0 Å². The largest absolute Gasteiger partial charge is 0.493 e. The first-order valence-corrected chi connectivity index (χ1v) is 11.4. The van der Waals surface area contributed by atoms with Gasteiger partial charge in [-0.3, -0.25) is 9.69 Å². The van der Waals surface area contributed by atoms with Crippen molar-refractivity contribution in [3.8, 4) is 11.5 Å². The molecule has 0 aromatic heterocycles. The second kappa shape index (κ2) is 10.2. The van der Waals surface area contributed by atoms with Crippen molar-refractivity contribution in [2.75, 3.05) is 40.4 Å². The van der Waals surface area contributed by atoms with Crippen molar-refractivity contribution in [2.45, 2.75) is 38.1 Å². The molecule has 2 aliphatic rings. The van der Waals surface area contributed by atoms with Crippen LogP contribution in [-0.2, 0) is 17.6 Å². The summed E-state index contributed by atoms with van der Waals surface area (Å²) in [4.78, 5) is 17.9. The Morgan fingerprint density at radius 1 is 0.968 bits per heavy atom. The van der Waals surface area contributed by atoms with Crippen LogP contribution in [0.3, 0.4) is 0 Å². The molecule has 0 aliphatic carbocycles. The SMILES string of the molecule is COc1ccc(CC(=O)N2C[C@@H]3CCCCN(CCc4ccccc4)[C@@H]3C2)cc1OC. The van der Waals surface area contributed by atoms with Gasteiger partial charge < -0.3 is 14.4 Å². The third-order valence-electron chi connectivity index (χ3n) is 6.83. The van der Waals surface area contributed by atoms with Crippen LogP contribution < -0.4 is 9.47 Å². The lowest BCUT2D eigenvalue weighted by atomic mass is 9.98. The molecule has 31 heavy (non-hydrogen) atoms. The van der Waals surface area contributed by atoms with Gasteiger partial charge in [0, 0.05) is 25.7 Å². The van der Waals surface area contributed by atoms with Gasteiger partial charge in [0.05, 0.1) is 20.6 Å². The lowest BCUT2D eigenvalue weighted by Gasteiger charge is -2.30. The number of fused-ring (bicyclic) bond motifs is 1. The number of nitrogens with zero attached hydrogens (tertiary/aromatic N) is 2. The number of ether oxygens (including phenoxy) is 2. The van der Waals surface area contributed by atoms with E-state index < -0.39 is 0 Å². The third kappa shape index (κ3) is 5.21. The van der Waals surface area contributed by atoms with Crippen LogP contribution in [0.25, 0.3) is 0 Å². The van der Waals surface area contributed by atoms with Crippen LogP contribution in [0.5, 0.6) is 11.5 Å². The maximum Gasteiger partial charge on any atom is 0.227 e.